The molecular formula is C25H35N5O2. The van der Waals surface area contributed by atoms with Gasteiger partial charge in [0.2, 0.25) is 0 Å². The summed E-state index contributed by atoms with van der Waals surface area (Å²) in [5.74, 6) is 2.35. The molecule has 0 radical (unpaired) electrons. The number of para-hydroxylation sites is 2. The summed E-state index contributed by atoms with van der Waals surface area (Å²) in [5, 5.41) is 6.72. The molecule has 2 aliphatic rings. The number of benzene rings is 2. The summed E-state index contributed by atoms with van der Waals surface area (Å²) in [7, 11) is 1.78. The van der Waals surface area contributed by atoms with E-state index in [9.17, 15) is 0 Å². The minimum atomic E-state index is -0.0538. The molecular weight excluding hydrogens is 402 g/mol. The number of likely N-dealkylation sites (N-methyl/N-ethyl adjacent to an activating group) is 1. The van der Waals surface area contributed by atoms with Gasteiger partial charge in [0, 0.05) is 46.3 Å². The van der Waals surface area contributed by atoms with E-state index in [0.29, 0.717) is 13.2 Å². The first-order valence-corrected chi connectivity index (χ1v) is 11.6. The molecule has 0 spiro atoms. The Morgan fingerprint density at radius 1 is 0.938 bits per heavy atom. The summed E-state index contributed by atoms with van der Waals surface area (Å²) >= 11 is 0. The normalized spacial score (nSPS) is 19.6. The number of hydrogen-bond acceptors (Lipinski definition) is 5. The maximum atomic E-state index is 6.00. The van der Waals surface area contributed by atoms with Crippen molar-refractivity contribution in [2.75, 3.05) is 52.9 Å². The van der Waals surface area contributed by atoms with Gasteiger partial charge in [-0.05, 0) is 29.8 Å². The highest BCUT2D eigenvalue weighted by atomic mass is 16.6. The Labute approximate surface area is 191 Å². The smallest absolute Gasteiger partial charge is 0.191 e. The zero-order chi connectivity index (χ0) is 22.2. The lowest BCUT2D eigenvalue weighted by Crippen LogP contribution is -2.45. The van der Waals surface area contributed by atoms with Crippen LogP contribution in [0.25, 0.3) is 0 Å². The Morgan fingerprint density at radius 2 is 1.62 bits per heavy atom. The molecule has 172 valence electrons. The number of nitrogens with one attached hydrogen (secondary N) is 2. The number of rotatable bonds is 7. The highest BCUT2D eigenvalue weighted by Gasteiger charge is 2.20. The van der Waals surface area contributed by atoms with Crippen LogP contribution < -0.4 is 20.1 Å². The van der Waals surface area contributed by atoms with E-state index < -0.39 is 0 Å². The first-order valence-electron chi connectivity index (χ1n) is 11.6. The number of piperazine rings is 1. The Bertz CT molecular complexity index is 878. The molecule has 0 aliphatic carbocycles. The highest BCUT2D eigenvalue weighted by molar-refractivity contribution is 5.79. The van der Waals surface area contributed by atoms with Crippen molar-refractivity contribution in [2.45, 2.75) is 26.1 Å². The molecule has 4 rings (SSSR count). The Morgan fingerprint density at radius 3 is 2.34 bits per heavy atom. The summed E-state index contributed by atoms with van der Waals surface area (Å²) < 4.78 is 11.8. The van der Waals surface area contributed by atoms with Crippen LogP contribution in [0.15, 0.2) is 53.5 Å². The van der Waals surface area contributed by atoms with Gasteiger partial charge in [0.15, 0.2) is 17.5 Å². The number of nitrogens with zero attached hydrogens (tertiary/aromatic N) is 3. The van der Waals surface area contributed by atoms with Gasteiger partial charge in [0.25, 0.3) is 0 Å². The molecule has 2 aromatic carbocycles. The van der Waals surface area contributed by atoms with Gasteiger partial charge < -0.3 is 25.0 Å². The van der Waals surface area contributed by atoms with Gasteiger partial charge in [0.05, 0.1) is 6.54 Å². The lowest BCUT2D eigenvalue weighted by molar-refractivity contribution is 0.0936. The molecule has 1 unspecified atom stereocenters. The fourth-order valence-electron chi connectivity index (χ4n) is 4.06. The summed E-state index contributed by atoms with van der Waals surface area (Å²) in [6.07, 6.45) is -0.0538. The van der Waals surface area contributed by atoms with E-state index in [4.69, 9.17) is 9.47 Å². The average molecular weight is 438 g/mol. The summed E-state index contributed by atoms with van der Waals surface area (Å²) in [5.41, 5.74) is 2.61. The van der Waals surface area contributed by atoms with Gasteiger partial charge in [-0.2, -0.15) is 0 Å². The predicted octanol–water partition coefficient (Wildman–Crippen LogP) is 2.33. The minimum Gasteiger partial charge on any atom is -0.486 e. The van der Waals surface area contributed by atoms with Crippen LogP contribution in [0, 0.1) is 0 Å². The molecule has 2 aliphatic heterocycles. The van der Waals surface area contributed by atoms with Crippen LogP contribution >= 0.6 is 0 Å². The van der Waals surface area contributed by atoms with Gasteiger partial charge in [-0.15, -0.1) is 0 Å². The summed E-state index contributed by atoms with van der Waals surface area (Å²) in [4.78, 5) is 9.38. The van der Waals surface area contributed by atoms with Gasteiger partial charge in [0.1, 0.15) is 12.7 Å². The molecule has 2 N–H and O–H groups in total. The van der Waals surface area contributed by atoms with Crippen molar-refractivity contribution in [1.82, 2.24) is 20.4 Å². The van der Waals surface area contributed by atoms with E-state index in [0.717, 1.165) is 50.2 Å². The van der Waals surface area contributed by atoms with Crippen molar-refractivity contribution in [3.05, 3.63) is 59.7 Å². The number of aliphatic imine (C=N–C) groups is 1. The molecule has 7 nitrogen and oxygen atoms in total. The Kier molecular flexibility index (Phi) is 7.85. The predicted molar refractivity (Wildman–Crippen MR) is 128 cm³/mol. The van der Waals surface area contributed by atoms with Crippen LogP contribution in [-0.2, 0) is 13.1 Å². The van der Waals surface area contributed by atoms with Crippen molar-refractivity contribution in [2.24, 2.45) is 4.99 Å². The molecule has 7 heteroatoms. The first kappa shape index (κ1) is 22.4. The lowest BCUT2D eigenvalue weighted by atomic mass is 10.1. The van der Waals surface area contributed by atoms with Crippen LogP contribution in [0.5, 0.6) is 11.5 Å². The van der Waals surface area contributed by atoms with E-state index in [1.165, 1.54) is 24.2 Å². The van der Waals surface area contributed by atoms with E-state index in [2.05, 4.69) is 56.6 Å². The molecule has 1 atom stereocenters. The number of fused-ring (bicyclic) bond motifs is 1. The lowest BCUT2D eigenvalue weighted by Gasteiger charge is -2.34. The largest absolute Gasteiger partial charge is 0.486 e. The van der Waals surface area contributed by atoms with Crippen LogP contribution in [-0.4, -0.2) is 74.8 Å². The van der Waals surface area contributed by atoms with Crippen molar-refractivity contribution < 1.29 is 9.47 Å². The quantitative estimate of drug-likeness (QED) is 0.512. The summed E-state index contributed by atoms with van der Waals surface area (Å²) in [6, 6.07) is 16.7. The van der Waals surface area contributed by atoms with Crippen LogP contribution in [0.2, 0.25) is 0 Å². The maximum absolute atomic E-state index is 6.00. The van der Waals surface area contributed by atoms with Gasteiger partial charge >= 0.3 is 0 Å². The van der Waals surface area contributed by atoms with Crippen LogP contribution in [0.1, 0.15) is 18.1 Å². The van der Waals surface area contributed by atoms with E-state index >= 15 is 0 Å². The Hall–Kier alpha value is -2.77. The number of ether oxygens (including phenoxy) is 2. The average Bonchev–Trinajstić information content (AvgIpc) is 2.85. The molecule has 2 aromatic rings. The van der Waals surface area contributed by atoms with Gasteiger partial charge in [-0.1, -0.05) is 43.3 Å². The van der Waals surface area contributed by atoms with Crippen molar-refractivity contribution in [1.29, 1.82) is 0 Å². The first-order chi connectivity index (χ1) is 15.7. The fourth-order valence-corrected chi connectivity index (χ4v) is 4.06. The molecule has 0 bridgehead atoms. The van der Waals surface area contributed by atoms with Gasteiger partial charge in [-0.25, -0.2) is 0 Å². The third-order valence-corrected chi connectivity index (χ3v) is 6.09. The second kappa shape index (κ2) is 11.2. The van der Waals surface area contributed by atoms with E-state index in [1.54, 1.807) is 7.05 Å². The van der Waals surface area contributed by atoms with Crippen LogP contribution in [0.4, 0.5) is 0 Å². The van der Waals surface area contributed by atoms with Crippen molar-refractivity contribution in [3.8, 4) is 11.5 Å². The molecule has 0 aromatic heterocycles. The topological polar surface area (TPSA) is 61.4 Å². The molecule has 32 heavy (non-hydrogen) atoms. The third-order valence-electron chi connectivity index (χ3n) is 6.09. The minimum absolute atomic E-state index is 0.0538. The van der Waals surface area contributed by atoms with Gasteiger partial charge in [-0.3, -0.25) is 9.89 Å². The number of hydrogen-bond donors (Lipinski definition) is 2. The molecule has 2 heterocycles. The molecule has 1 saturated heterocycles. The zero-order valence-corrected chi connectivity index (χ0v) is 19.2. The SMILES string of the molecule is CCN1CCN(Cc2ccc(CNC(=NC)NCC3COc4ccccc4O3)cc2)CC1. The van der Waals surface area contributed by atoms with E-state index in [1.807, 2.05) is 24.3 Å². The van der Waals surface area contributed by atoms with Crippen molar-refractivity contribution >= 4 is 5.96 Å². The third kappa shape index (κ3) is 6.14. The molecule has 0 amide bonds. The monoisotopic (exact) mass is 437 g/mol. The van der Waals surface area contributed by atoms with E-state index in [-0.39, 0.29) is 6.10 Å². The molecule has 0 saturated carbocycles. The zero-order valence-electron chi connectivity index (χ0n) is 19.2. The fraction of sp³-hybridized carbons (Fsp3) is 0.480. The second-order valence-electron chi connectivity index (χ2n) is 8.33. The maximum Gasteiger partial charge on any atom is 0.191 e. The van der Waals surface area contributed by atoms with Crippen LogP contribution in [0.3, 0.4) is 0 Å². The summed E-state index contributed by atoms with van der Waals surface area (Å²) in [6.45, 7) is 11.0. The highest BCUT2D eigenvalue weighted by Crippen LogP contribution is 2.30. The number of guanidine groups is 1. The van der Waals surface area contributed by atoms with Crippen molar-refractivity contribution in [3.63, 3.8) is 0 Å². The second-order valence-corrected chi connectivity index (χ2v) is 8.33. The molecule has 1 fully saturated rings. The standard InChI is InChI=1S/C25H35N5O2/c1-3-29-12-14-30(15-13-29)18-21-10-8-20(9-11-21)16-27-25(26-2)28-17-22-19-31-23-6-4-5-7-24(23)32-22/h4-11,22H,3,12-19H2,1-2H3,(H2,26,27,28). The Balaban J connectivity index is 1.19.